The second kappa shape index (κ2) is 3.33. The van der Waals surface area contributed by atoms with Crippen LogP contribution in [0.15, 0.2) is 18.2 Å². The quantitative estimate of drug-likeness (QED) is 0.593. The third kappa shape index (κ3) is 1.56. The molecule has 2 rings (SSSR count). The number of H-pyrrole nitrogens is 1. The van der Waals surface area contributed by atoms with Crippen molar-refractivity contribution in [3.8, 4) is 0 Å². The van der Waals surface area contributed by atoms with Crippen molar-refractivity contribution in [2.24, 2.45) is 0 Å². The number of carbonyl (C=O) groups excluding carboxylic acids is 1. The van der Waals surface area contributed by atoms with Gasteiger partial charge < -0.3 is 4.98 Å². The molecule has 0 saturated carbocycles. The lowest BCUT2D eigenvalue weighted by Crippen LogP contribution is -2.04. The molecule has 6 heteroatoms. The molecule has 0 aliphatic carbocycles. The number of aromatic amines is 1. The maximum absolute atomic E-state index is 13.2. The fourth-order valence-corrected chi connectivity index (χ4v) is 1.46. The molecule has 0 fully saturated rings. The Labute approximate surface area is 86.9 Å². The molecule has 0 unspecified atom stereocenters. The first kappa shape index (κ1) is 10.7. The molecule has 0 spiro atoms. The molecular weight excluding hydrogens is 226 g/mol. The van der Waals surface area contributed by atoms with Crippen LogP contribution >= 0.6 is 0 Å². The number of nitrogens with one attached hydrogen (secondary N) is 1. The highest BCUT2D eigenvalue weighted by atomic mass is 19.4. The van der Waals surface area contributed by atoms with Crippen molar-refractivity contribution in [2.45, 2.75) is 6.18 Å². The van der Waals surface area contributed by atoms with E-state index in [4.69, 9.17) is 0 Å². The minimum absolute atomic E-state index is 0.0168. The molecular formula is C10H5F4NO. The van der Waals surface area contributed by atoms with Crippen molar-refractivity contribution in [1.82, 2.24) is 4.98 Å². The van der Waals surface area contributed by atoms with Gasteiger partial charge in [-0.3, -0.25) is 4.79 Å². The van der Waals surface area contributed by atoms with Gasteiger partial charge in [-0.2, -0.15) is 13.2 Å². The predicted octanol–water partition coefficient (Wildman–Crippen LogP) is 3.14. The van der Waals surface area contributed by atoms with Crippen LogP contribution in [0.3, 0.4) is 0 Å². The molecule has 0 amide bonds. The molecule has 0 aliphatic rings. The van der Waals surface area contributed by atoms with Gasteiger partial charge in [0.25, 0.3) is 0 Å². The summed E-state index contributed by atoms with van der Waals surface area (Å²) in [7, 11) is 0. The Kier molecular flexibility index (Phi) is 2.22. The third-order valence-electron chi connectivity index (χ3n) is 2.21. The van der Waals surface area contributed by atoms with Crippen LogP contribution in [0.2, 0.25) is 0 Å². The number of fused-ring (bicyclic) bond motifs is 1. The lowest BCUT2D eigenvalue weighted by Gasteiger charge is -2.00. The van der Waals surface area contributed by atoms with E-state index in [1.54, 1.807) is 0 Å². The van der Waals surface area contributed by atoms with E-state index >= 15 is 0 Å². The number of benzene rings is 1. The molecule has 0 bridgehead atoms. The van der Waals surface area contributed by atoms with Crippen molar-refractivity contribution in [1.29, 1.82) is 0 Å². The maximum atomic E-state index is 13.2. The van der Waals surface area contributed by atoms with Crippen molar-refractivity contribution in [2.75, 3.05) is 0 Å². The maximum Gasteiger partial charge on any atom is 0.431 e. The predicted molar refractivity (Wildman–Crippen MR) is 48.6 cm³/mol. The van der Waals surface area contributed by atoms with Crippen molar-refractivity contribution in [3.63, 3.8) is 0 Å². The van der Waals surface area contributed by atoms with Gasteiger partial charge in [0.15, 0.2) is 6.29 Å². The highest BCUT2D eigenvalue weighted by molar-refractivity contribution is 5.97. The zero-order valence-corrected chi connectivity index (χ0v) is 7.73. The van der Waals surface area contributed by atoms with E-state index in [2.05, 4.69) is 0 Å². The first-order valence-electron chi connectivity index (χ1n) is 4.27. The van der Waals surface area contributed by atoms with E-state index in [1.165, 1.54) is 0 Å². The monoisotopic (exact) mass is 231 g/mol. The molecule has 2 nitrogen and oxygen atoms in total. The lowest BCUT2D eigenvalue weighted by molar-refractivity contribution is -0.140. The van der Waals surface area contributed by atoms with Gasteiger partial charge in [-0.1, -0.05) is 0 Å². The SMILES string of the molecule is O=Cc1ccc(F)c2[nH]c(C(F)(F)F)cc12. The second-order valence-electron chi connectivity index (χ2n) is 3.22. The Morgan fingerprint density at radius 2 is 1.94 bits per heavy atom. The number of hydrogen-bond donors (Lipinski definition) is 1. The van der Waals surface area contributed by atoms with Gasteiger partial charge in [0.1, 0.15) is 11.5 Å². The van der Waals surface area contributed by atoms with Crippen molar-refractivity contribution < 1.29 is 22.4 Å². The van der Waals surface area contributed by atoms with Crippen LogP contribution in [0, 0.1) is 5.82 Å². The summed E-state index contributed by atoms with van der Waals surface area (Å²) in [4.78, 5) is 12.5. The van der Waals surface area contributed by atoms with Crippen LogP contribution in [-0.4, -0.2) is 11.3 Å². The summed E-state index contributed by atoms with van der Waals surface area (Å²) in [6, 6.07) is 2.81. The lowest BCUT2D eigenvalue weighted by atomic mass is 10.1. The van der Waals surface area contributed by atoms with Gasteiger partial charge >= 0.3 is 6.18 Å². The largest absolute Gasteiger partial charge is 0.431 e. The molecule has 0 radical (unpaired) electrons. The van der Waals surface area contributed by atoms with E-state index in [0.29, 0.717) is 6.29 Å². The molecule has 84 valence electrons. The second-order valence-corrected chi connectivity index (χ2v) is 3.22. The Morgan fingerprint density at radius 1 is 1.25 bits per heavy atom. The first-order chi connectivity index (χ1) is 7.43. The van der Waals surface area contributed by atoms with Gasteiger partial charge in [0.05, 0.1) is 5.52 Å². The number of alkyl halides is 3. The number of aldehydes is 1. The fourth-order valence-electron chi connectivity index (χ4n) is 1.46. The molecule has 2 aromatic rings. The van der Waals surface area contributed by atoms with E-state index in [1.807, 2.05) is 4.98 Å². The highest BCUT2D eigenvalue weighted by Crippen LogP contribution is 2.32. The summed E-state index contributed by atoms with van der Waals surface area (Å²) in [5.41, 5.74) is -1.37. The minimum Gasteiger partial charge on any atom is -0.349 e. The zero-order chi connectivity index (χ0) is 11.9. The van der Waals surface area contributed by atoms with Crippen LogP contribution in [0.4, 0.5) is 17.6 Å². The van der Waals surface area contributed by atoms with Crippen molar-refractivity contribution in [3.05, 3.63) is 35.3 Å². The number of hydrogen-bond acceptors (Lipinski definition) is 1. The minimum atomic E-state index is -4.59. The first-order valence-corrected chi connectivity index (χ1v) is 4.27. The standard InChI is InChI=1S/C10H5F4NO/c11-7-2-1-5(4-16)6-3-8(10(12,13)14)15-9(6)7/h1-4,15H. The smallest absolute Gasteiger partial charge is 0.349 e. The summed E-state index contributed by atoms with van der Waals surface area (Å²) in [6.45, 7) is 0. The summed E-state index contributed by atoms with van der Waals surface area (Å²) in [5, 5.41) is -0.0673. The van der Waals surface area contributed by atoms with E-state index in [-0.39, 0.29) is 16.5 Å². The summed E-state index contributed by atoms with van der Waals surface area (Å²) in [6.07, 6.45) is -4.21. The Balaban J connectivity index is 2.78. The summed E-state index contributed by atoms with van der Waals surface area (Å²) < 4.78 is 50.2. The molecule has 1 N–H and O–H groups in total. The van der Waals surface area contributed by atoms with Crippen LogP contribution in [-0.2, 0) is 6.18 Å². The molecule has 0 atom stereocenters. The number of rotatable bonds is 1. The van der Waals surface area contributed by atoms with Gasteiger partial charge in [0.2, 0.25) is 0 Å². The van der Waals surface area contributed by atoms with Gasteiger partial charge in [-0.15, -0.1) is 0 Å². The molecule has 1 aromatic heterocycles. The summed E-state index contributed by atoms with van der Waals surface area (Å²) >= 11 is 0. The van der Waals surface area contributed by atoms with E-state index in [9.17, 15) is 22.4 Å². The third-order valence-corrected chi connectivity index (χ3v) is 2.21. The topological polar surface area (TPSA) is 32.9 Å². The van der Waals surface area contributed by atoms with Crippen LogP contribution in [0.5, 0.6) is 0 Å². The normalized spacial score (nSPS) is 12.0. The number of aromatic nitrogens is 1. The van der Waals surface area contributed by atoms with Gasteiger partial charge in [0, 0.05) is 10.9 Å². The molecule has 0 saturated heterocycles. The molecule has 1 aromatic carbocycles. The van der Waals surface area contributed by atoms with Gasteiger partial charge in [-0.05, 0) is 18.2 Å². The molecule has 1 heterocycles. The zero-order valence-electron chi connectivity index (χ0n) is 7.73. The van der Waals surface area contributed by atoms with Crippen LogP contribution < -0.4 is 0 Å². The average molecular weight is 231 g/mol. The number of carbonyl (C=O) groups is 1. The molecule has 16 heavy (non-hydrogen) atoms. The fraction of sp³-hybridized carbons (Fsp3) is 0.100. The van der Waals surface area contributed by atoms with Gasteiger partial charge in [-0.25, -0.2) is 4.39 Å². The molecule has 0 aliphatic heterocycles. The van der Waals surface area contributed by atoms with E-state index in [0.717, 1.165) is 18.2 Å². The summed E-state index contributed by atoms with van der Waals surface area (Å²) in [5.74, 6) is -0.823. The van der Waals surface area contributed by atoms with Crippen LogP contribution in [0.25, 0.3) is 10.9 Å². The van der Waals surface area contributed by atoms with Crippen molar-refractivity contribution >= 4 is 17.2 Å². The Hall–Kier alpha value is -1.85. The van der Waals surface area contributed by atoms with Crippen LogP contribution in [0.1, 0.15) is 16.1 Å². The Bertz CT molecular complexity index is 556. The Morgan fingerprint density at radius 3 is 2.50 bits per heavy atom. The number of halogens is 4. The highest BCUT2D eigenvalue weighted by Gasteiger charge is 2.33. The van der Waals surface area contributed by atoms with E-state index < -0.39 is 17.7 Å². The average Bonchev–Trinajstić information content (AvgIpc) is 2.63.